The zero-order valence-corrected chi connectivity index (χ0v) is 18.0. The van der Waals surface area contributed by atoms with Crippen molar-refractivity contribution in [2.75, 3.05) is 19.0 Å². The van der Waals surface area contributed by atoms with Crippen molar-refractivity contribution in [3.63, 3.8) is 0 Å². The zero-order chi connectivity index (χ0) is 22.8. The lowest BCUT2D eigenvalue weighted by atomic mass is 10.1. The molecule has 3 aromatic carbocycles. The van der Waals surface area contributed by atoms with Gasteiger partial charge in [-0.1, -0.05) is 42.5 Å². The van der Waals surface area contributed by atoms with E-state index in [1.165, 1.54) is 13.3 Å². The van der Waals surface area contributed by atoms with Crippen molar-refractivity contribution in [3.8, 4) is 11.5 Å². The number of hydrogen-bond acceptors (Lipinski definition) is 5. The summed E-state index contributed by atoms with van der Waals surface area (Å²) >= 11 is 0. The lowest BCUT2D eigenvalue weighted by molar-refractivity contribution is -0.120. The van der Waals surface area contributed by atoms with Crippen LogP contribution in [0.25, 0.3) is 0 Å². The molecule has 32 heavy (non-hydrogen) atoms. The van der Waals surface area contributed by atoms with E-state index in [2.05, 4.69) is 15.8 Å². The molecule has 0 fully saturated rings. The lowest BCUT2D eigenvalue weighted by Gasteiger charge is -2.11. The third kappa shape index (κ3) is 6.98. The summed E-state index contributed by atoms with van der Waals surface area (Å²) in [6.45, 7) is 1.80. The minimum absolute atomic E-state index is 0.159. The number of carbonyl (C=O) groups excluding carboxylic acids is 2. The van der Waals surface area contributed by atoms with Gasteiger partial charge in [-0.25, -0.2) is 5.43 Å². The maximum absolute atomic E-state index is 12.2. The van der Waals surface area contributed by atoms with Gasteiger partial charge in [-0.05, 0) is 53.9 Å². The highest BCUT2D eigenvalue weighted by Crippen LogP contribution is 2.27. The van der Waals surface area contributed by atoms with Gasteiger partial charge in [-0.2, -0.15) is 5.10 Å². The Balaban J connectivity index is 1.52. The Labute approximate surface area is 187 Å². The minimum atomic E-state index is -0.274. The van der Waals surface area contributed by atoms with Crippen LogP contribution in [0.5, 0.6) is 11.5 Å². The van der Waals surface area contributed by atoms with Gasteiger partial charge in [0.1, 0.15) is 0 Å². The van der Waals surface area contributed by atoms with Crippen LogP contribution in [0.3, 0.4) is 0 Å². The largest absolute Gasteiger partial charge is 0.493 e. The zero-order valence-electron chi connectivity index (χ0n) is 18.0. The van der Waals surface area contributed by atoms with Gasteiger partial charge in [0.15, 0.2) is 18.1 Å². The van der Waals surface area contributed by atoms with Crippen LogP contribution in [0, 0.1) is 6.92 Å². The molecule has 3 rings (SSSR count). The summed E-state index contributed by atoms with van der Waals surface area (Å²) in [5.74, 6) is 0.397. The Hall–Kier alpha value is -4.13. The standard InChI is InChI=1S/C25H25N3O4/c1-18-7-6-10-21(13-18)27-25(30)17-32-22-12-11-20(14-23(22)31-2)16-26-28-24(29)15-19-8-4-3-5-9-19/h3-14,16H,15,17H2,1-2H3,(H,27,30)(H,28,29)/b26-16-. The second kappa shape index (κ2) is 11.3. The monoisotopic (exact) mass is 431 g/mol. The van der Waals surface area contributed by atoms with E-state index >= 15 is 0 Å². The SMILES string of the molecule is COc1cc(/C=N\NC(=O)Cc2ccccc2)ccc1OCC(=O)Nc1cccc(C)c1. The van der Waals surface area contributed by atoms with Crippen LogP contribution in [-0.2, 0) is 16.0 Å². The Kier molecular flexibility index (Phi) is 7.97. The van der Waals surface area contributed by atoms with E-state index in [1.54, 1.807) is 18.2 Å². The molecule has 0 bridgehead atoms. The fourth-order valence-electron chi connectivity index (χ4n) is 2.95. The van der Waals surface area contributed by atoms with Crippen molar-refractivity contribution in [2.24, 2.45) is 5.10 Å². The first-order valence-electron chi connectivity index (χ1n) is 10.1. The fraction of sp³-hybridized carbons (Fsp3) is 0.160. The molecule has 7 heteroatoms. The number of amides is 2. The number of benzene rings is 3. The number of rotatable bonds is 9. The van der Waals surface area contributed by atoms with E-state index in [-0.39, 0.29) is 24.8 Å². The molecule has 0 spiro atoms. The number of methoxy groups -OCH3 is 1. The van der Waals surface area contributed by atoms with Crippen molar-refractivity contribution in [2.45, 2.75) is 13.3 Å². The molecule has 0 aliphatic heterocycles. The van der Waals surface area contributed by atoms with Crippen LogP contribution in [0.15, 0.2) is 77.9 Å². The fourth-order valence-corrected chi connectivity index (χ4v) is 2.95. The summed E-state index contributed by atoms with van der Waals surface area (Å²) in [7, 11) is 1.51. The minimum Gasteiger partial charge on any atom is -0.493 e. The molecule has 0 atom stereocenters. The first-order valence-corrected chi connectivity index (χ1v) is 10.1. The third-order valence-corrected chi connectivity index (χ3v) is 4.46. The number of hydrogen-bond donors (Lipinski definition) is 2. The number of aryl methyl sites for hydroxylation is 1. The molecule has 3 aromatic rings. The number of nitrogens with zero attached hydrogens (tertiary/aromatic N) is 1. The second-order valence-corrected chi connectivity index (χ2v) is 7.07. The van der Waals surface area contributed by atoms with E-state index < -0.39 is 0 Å². The molecule has 0 heterocycles. The van der Waals surface area contributed by atoms with E-state index in [0.717, 1.165) is 11.1 Å². The van der Waals surface area contributed by atoms with Gasteiger partial charge in [0.05, 0.1) is 19.7 Å². The first-order chi connectivity index (χ1) is 15.5. The Morgan fingerprint density at radius 1 is 0.938 bits per heavy atom. The van der Waals surface area contributed by atoms with Crippen LogP contribution in [0.1, 0.15) is 16.7 Å². The Morgan fingerprint density at radius 2 is 1.75 bits per heavy atom. The van der Waals surface area contributed by atoms with Gasteiger partial charge < -0.3 is 14.8 Å². The van der Waals surface area contributed by atoms with Crippen molar-refractivity contribution >= 4 is 23.7 Å². The van der Waals surface area contributed by atoms with Crippen molar-refractivity contribution in [1.82, 2.24) is 5.43 Å². The van der Waals surface area contributed by atoms with E-state index in [4.69, 9.17) is 9.47 Å². The van der Waals surface area contributed by atoms with Crippen molar-refractivity contribution in [3.05, 3.63) is 89.5 Å². The van der Waals surface area contributed by atoms with Crippen molar-refractivity contribution in [1.29, 1.82) is 0 Å². The molecule has 0 saturated carbocycles. The van der Waals surface area contributed by atoms with Gasteiger partial charge in [0.25, 0.3) is 5.91 Å². The van der Waals surface area contributed by atoms with Gasteiger partial charge >= 0.3 is 0 Å². The van der Waals surface area contributed by atoms with Gasteiger partial charge in [0.2, 0.25) is 5.91 Å². The van der Waals surface area contributed by atoms with Crippen LogP contribution in [0.2, 0.25) is 0 Å². The third-order valence-electron chi connectivity index (χ3n) is 4.46. The molecular formula is C25H25N3O4. The summed E-state index contributed by atoms with van der Waals surface area (Å²) in [5.41, 5.74) is 5.89. The maximum atomic E-state index is 12.2. The highest BCUT2D eigenvalue weighted by molar-refractivity contribution is 5.92. The smallest absolute Gasteiger partial charge is 0.262 e. The molecular weight excluding hydrogens is 406 g/mol. The lowest BCUT2D eigenvalue weighted by Crippen LogP contribution is -2.20. The molecule has 0 aliphatic rings. The number of ether oxygens (including phenoxy) is 2. The Bertz CT molecular complexity index is 1100. The summed E-state index contributed by atoms with van der Waals surface area (Å²) in [6, 6.07) is 22.1. The number of anilines is 1. The predicted octanol–water partition coefficient (Wildman–Crippen LogP) is 3.71. The molecule has 2 N–H and O–H groups in total. The number of carbonyl (C=O) groups is 2. The molecule has 0 radical (unpaired) electrons. The highest BCUT2D eigenvalue weighted by Gasteiger charge is 2.09. The van der Waals surface area contributed by atoms with E-state index in [1.807, 2.05) is 61.5 Å². The van der Waals surface area contributed by atoms with Crippen LogP contribution >= 0.6 is 0 Å². The number of hydrazone groups is 1. The molecule has 0 unspecified atom stereocenters. The van der Waals surface area contributed by atoms with Gasteiger partial charge in [0, 0.05) is 5.69 Å². The average Bonchev–Trinajstić information content (AvgIpc) is 2.78. The number of nitrogens with one attached hydrogen (secondary N) is 2. The van der Waals surface area contributed by atoms with Gasteiger partial charge in [-0.3, -0.25) is 9.59 Å². The predicted molar refractivity (Wildman–Crippen MR) is 124 cm³/mol. The quantitative estimate of drug-likeness (QED) is 0.399. The summed E-state index contributed by atoms with van der Waals surface area (Å²) in [6.07, 6.45) is 1.76. The topological polar surface area (TPSA) is 89.0 Å². The summed E-state index contributed by atoms with van der Waals surface area (Å²) < 4.78 is 11.0. The molecule has 0 aromatic heterocycles. The normalized spacial score (nSPS) is 10.6. The van der Waals surface area contributed by atoms with Crippen LogP contribution < -0.4 is 20.2 Å². The van der Waals surface area contributed by atoms with Crippen molar-refractivity contribution < 1.29 is 19.1 Å². The second-order valence-electron chi connectivity index (χ2n) is 7.07. The van der Waals surface area contributed by atoms with E-state index in [9.17, 15) is 9.59 Å². The average molecular weight is 431 g/mol. The van der Waals surface area contributed by atoms with Crippen LogP contribution in [-0.4, -0.2) is 31.7 Å². The van der Waals surface area contributed by atoms with Crippen LogP contribution in [0.4, 0.5) is 5.69 Å². The van der Waals surface area contributed by atoms with Gasteiger partial charge in [-0.15, -0.1) is 0 Å². The molecule has 0 saturated heterocycles. The highest BCUT2D eigenvalue weighted by atomic mass is 16.5. The summed E-state index contributed by atoms with van der Waals surface area (Å²) in [5, 5.41) is 6.78. The maximum Gasteiger partial charge on any atom is 0.262 e. The first kappa shape index (κ1) is 22.6. The Morgan fingerprint density at radius 3 is 2.50 bits per heavy atom. The molecule has 164 valence electrons. The molecule has 0 aliphatic carbocycles. The molecule has 7 nitrogen and oxygen atoms in total. The molecule has 2 amide bonds. The van der Waals surface area contributed by atoms with E-state index in [0.29, 0.717) is 22.7 Å². The summed E-state index contributed by atoms with van der Waals surface area (Å²) in [4.78, 5) is 24.1.